The molecule has 1 aromatic rings. The van der Waals surface area contributed by atoms with Crippen LogP contribution < -0.4 is 10.6 Å². The summed E-state index contributed by atoms with van der Waals surface area (Å²) in [4.78, 5) is 20.7. The van der Waals surface area contributed by atoms with Crippen molar-refractivity contribution in [2.24, 2.45) is 5.73 Å². The van der Waals surface area contributed by atoms with E-state index in [1.807, 2.05) is 0 Å². The number of sulfonamides is 1. The largest absolute Gasteiger partial charge is 0.492 e. The Morgan fingerprint density at radius 3 is 2.25 bits per heavy atom. The minimum absolute atomic E-state index is 0.0176. The minimum atomic E-state index is -5.39. The number of piperidine rings is 1. The van der Waals surface area contributed by atoms with Crippen LogP contribution >= 0.6 is 0 Å². The molecule has 0 bridgehead atoms. The Kier molecular flexibility index (Phi) is 6.96. The Bertz CT molecular complexity index is 908. The molecule has 8 nitrogen and oxygen atoms in total. The van der Waals surface area contributed by atoms with Crippen LogP contribution in [0.1, 0.15) is 38.5 Å². The molecule has 0 spiro atoms. The fraction of sp³-hybridized carbons (Fsp3) is 0.667. The van der Waals surface area contributed by atoms with E-state index in [0.717, 1.165) is 12.3 Å². The fourth-order valence-electron chi connectivity index (χ4n) is 3.64. The summed E-state index contributed by atoms with van der Waals surface area (Å²) < 4.78 is 91.1. The maximum atomic E-state index is 13.3. The third kappa shape index (κ3) is 5.64. The van der Waals surface area contributed by atoms with Crippen molar-refractivity contribution in [3.8, 4) is 0 Å². The number of carbonyl (C=O) groups is 1. The zero-order valence-electron chi connectivity index (χ0n) is 16.9. The molecule has 2 heterocycles. The normalized spacial score (nSPS) is 24.4. The molecule has 1 aliphatic carbocycles. The van der Waals surface area contributed by atoms with Gasteiger partial charge in [-0.15, -0.1) is 0 Å². The summed E-state index contributed by atoms with van der Waals surface area (Å²) in [5, 5.41) is 0. The lowest BCUT2D eigenvalue weighted by atomic mass is 9.92. The van der Waals surface area contributed by atoms with Crippen molar-refractivity contribution < 1.29 is 40.0 Å². The van der Waals surface area contributed by atoms with Gasteiger partial charge in [0.05, 0.1) is 6.04 Å². The molecule has 0 radical (unpaired) electrons. The van der Waals surface area contributed by atoms with E-state index in [0.29, 0.717) is 12.8 Å². The highest BCUT2D eigenvalue weighted by Gasteiger charge is 2.47. The molecule has 14 heteroatoms. The number of pyridine rings is 1. The van der Waals surface area contributed by atoms with Crippen LogP contribution in [0, 0.1) is 0 Å². The van der Waals surface area contributed by atoms with Gasteiger partial charge in [0.15, 0.2) is 0 Å². The lowest BCUT2D eigenvalue weighted by Crippen LogP contribution is -2.47. The standard InChI is InChI=1S/C18H23F5N4O4S/c19-17(20)7-9-26(10-8-17)15-6-5-14(11-25-15)32(29,30)27(31-16(28)18(21,22)23)13-3-1-12(24)2-4-13/h5-6,11-13H,1-4,7-10,24H2. The number of anilines is 1. The predicted molar refractivity (Wildman–Crippen MR) is 102 cm³/mol. The van der Waals surface area contributed by atoms with Crippen LogP contribution in [-0.4, -0.2) is 61.1 Å². The first-order valence-electron chi connectivity index (χ1n) is 9.97. The van der Waals surface area contributed by atoms with Crippen molar-refractivity contribution in [1.29, 1.82) is 0 Å². The number of hydrogen-bond acceptors (Lipinski definition) is 7. The number of nitrogens with two attached hydrogens (primary N) is 1. The van der Waals surface area contributed by atoms with E-state index in [9.17, 15) is 35.2 Å². The number of halogens is 5. The summed E-state index contributed by atoms with van der Waals surface area (Å²) in [6, 6.07) is 1.12. The van der Waals surface area contributed by atoms with Crippen molar-refractivity contribution >= 4 is 21.8 Å². The van der Waals surface area contributed by atoms with Gasteiger partial charge < -0.3 is 15.5 Å². The van der Waals surface area contributed by atoms with E-state index in [4.69, 9.17) is 5.73 Å². The SMILES string of the molecule is NC1CCC(N(OC(=O)C(F)(F)F)S(=O)(=O)c2ccc(N3CCC(F)(F)CC3)nc2)CC1. The zero-order chi connectivity index (χ0) is 23.7. The lowest BCUT2D eigenvalue weighted by Gasteiger charge is -2.34. The van der Waals surface area contributed by atoms with Gasteiger partial charge in [-0.1, -0.05) is 0 Å². The average Bonchev–Trinajstić information content (AvgIpc) is 2.72. The molecule has 0 aromatic carbocycles. The maximum absolute atomic E-state index is 13.3. The number of alkyl halides is 5. The van der Waals surface area contributed by atoms with Crippen LogP contribution in [0.3, 0.4) is 0 Å². The Balaban J connectivity index is 1.83. The molecule has 1 aromatic heterocycles. The second-order valence-corrected chi connectivity index (χ2v) is 9.68. The van der Waals surface area contributed by atoms with Gasteiger partial charge in [-0.2, -0.15) is 13.2 Å². The van der Waals surface area contributed by atoms with E-state index >= 15 is 0 Å². The van der Waals surface area contributed by atoms with Gasteiger partial charge in [0, 0.05) is 38.2 Å². The van der Waals surface area contributed by atoms with Crippen LogP contribution in [0.4, 0.5) is 27.8 Å². The molecule has 1 saturated carbocycles. The van der Waals surface area contributed by atoms with Crippen LogP contribution in [0.5, 0.6) is 0 Å². The summed E-state index contributed by atoms with van der Waals surface area (Å²) in [7, 11) is -4.69. The van der Waals surface area contributed by atoms with Crippen LogP contribution in [0.15, 0.2) is 23.2 Å². The number of nitrogens with zero attached hydrogens (tertiary/aromatic N) is 3. The minimum Gasteiger partial charge on any atom is -0.356 e. The van der Waals surface area contributed by atoms with E-state index in [1.54, 1.807) is 4.90 Å². The Morgan fingerprint density at radius 2 is 1.75 bits per heavy atom. The molecular formula is C18H23F5N4O4S. The number of rotatable bonds is 5. The molecule has 1 saturated heterocycles. The van der Waals surface area contributed by atoms with Crippen molar-refractivity contribution in [2.75, 3.05) is 18.0 Å². The highest BCUT2D eigenvalue weighted by atomic mass is 32.2. The second kappa shape index (κ2) is 9.06. The van der Waals surface area contributed by atoms with E-state index in [1.165, 1.54) is 6.07 Å². The quantitative estimate of drug-likeness (QED) is 0.504. The average molecular weight is 486 g/mol. The van der Waals surface area contributed by atoms with Gasteiger partial charge in [-0.05, 0) is 42.3 Å². The van der Waals surface area contributed by atoms with Crippen molar-refractivity contribution in [3.63, 3.8) is 0 Å². The smallest absolute Gasteiger partial charge is 0.356 e. The molecule has 2 N–H and O–H groups in total. The number of aromatic nitrogens is 1. The molecule has 0 amide bonds. The molecule has 0 unspecified atom stereocenters. The molecule has 180 valence electrons. The third-order valence-corrected chi connectivity index (χ3v) is 7.20. The van der Waals surface area contributed by atoms with Crippen molar-refractivity contribution in [1.82, 2.24) is 9.45 Å². The third-order valence-electron chi connectivity index (χ3n) is 5.52. The molecule has 3 rings (SSSR count). The summed E-state index contributed by atoms with van der Waals surface area (Å²) in [6.07, 6.45) is -4.33. The first-order chi connectivity index (χ1) is 14.8. The van der Waals surface area contributed by atoms with Gasteiger partial charge >= 0.3 is 12.1 Å². The van der Waals surface area contributed by atoms with Gasteiger partial charge in [-0.3, -0.25) is 0 Å². The Hall–Kier alpha value is -2.06. The molecule has 2 aliphatic rings. The van der Waals surface area contributed by atoms with Gasteiger partial charge in [0.1, 0.15) is 10.7 Å². The van der Waals surface area contributed by atoms with Crippen LogP contribution in [-0.2, 0) is 19.7 Å². The van der Waals surface area contributed by atoms with Crippen molar-refractivity contribution in [2.45, 2.75) is 67.6 Å². The van der Waals surface area contributed by atoms with E-state index in [2.05, 4.69) is 9.82 Å². The first-order valence-corrected chi connectivity index (χ1v) is 11.4. The highest BCUT2D eigenvalue weighted by molar-refractivity contribution is 7.89. The summed E-state index contributed by atoms with van der Waals surface area (Å²) in [6.45, 7) is 0.0352. The highest BCUT2D eigenvalue weighted by Crippen LogP contribution is 2.32. The monoisotopic (exact) mass is 486 g/mol. The fourth-order valence-corrected chi connectivity index (χ4v) is 5.05. The molecule has 0 atom stereocenters. The second-order valence-electron chi connectivity index (χ2n) is 7.90. The van der Waals surface area contributed by atoms with Gasteiger partial charge in [-0.25, -0.2) is 27.0 Å². The summed E-state index contributed by atoms with van der Waals surface area (Å²) in [5.41, 5.74) is 5.77. The van der Waals surface area contributed by atoms with E-state index < -0.39 is 39.0 Å². The molecule has 1 aliphatic heterocycles. The number of hydroxylamine groups is 1. The van der Waals surface area contributed by atoms with Gasteiger partial charge in [0.25, 0.3) is 15.9 Å². The number of carbonyl (C=O) groups excluding carboxylic acids is 1. The van der Waals surface area contributed by atoms with Crippen molar-refractivity contribution in [3.05, 3.63) is 18.3 Å². The van der Waals surface area contributed by atoms with E-state index in [-0.39, 0.29) is 55.1 Å². The number of hydrogen-bond donors (Lipinski definition) is 1. The Labute approximate surface area is 181 Å². The predicted octanol–water partition coefficient (Wildman–Crippen LogP) is 2.60. The van der Waals surface area contributed by atoms with Crippen LogP contribution in [0.25, 0.3) is 0 Å². The zero-order valence-corrected chi connectivity index (χ0v) is 17.7. The van der Waals surface area contributed by atoms with Crippen LogP contribution in [0.2, 0.25) is 0 Å². The van der Waals surface area contributed by atoms with Gasteiger partial charge in [0.2, 0.25) is 0 Å². The summed E-state index contributed by atoms with van der Waals surface area (Å²) >= 11 is 0. The Morgan fingerprint density at radius 1 is 1.16 bits per heavy atom. The molecule has 32 heavy (non-hydrogen) atoms. The lowest BCUT2D eigenvalue weighted by molar-refractivity contribution is -0.228. The molecule has 2 fully saturated rings. The topological polar surface area (TPSA) is 106 Å². The maximum Gasteiger partial charge on any atom is 0.492 e. The summed E-state index contributed by atoms with van der Waals surface area (Å²) in [5.74, 6) is -5.18. The molecular weight excluding hydrogens is 463 g/mol. The first kappa shape index (κ1) is 24.6.